The van der Waals surface area contributed by atoms with Crippen molar-refractivity contribution >= 4 is 17.8 Å². The Hall–Kier alpha value is -4.48. The molecular weight excluding hydrogens is 482 g/mol. The summed E-state index contributed by atoms with van der Waals surface area (Å²) in [4.78, 5) is 22.1. The third-order valence-electron chi connectivity index (χ3n) is 5.69. The van der Waals surface area contributed by atoms with Crippen molar-refractivity contribution in [2.75, 3.05) is 43.3 Å². The van der Waals surface area contributed by atoms with Gasteiger partial charge in [0.05, 0.1) is 20.5 Å². The number of aromatic nitrogens is 5. The molecule has 0 aliphatic rings. The minimum Gasteiger partial charge on any atom is -0.493 e. The van der Waals surface area contributed by atoms with Gasteiger partial charge in [0.25, 0.3) is 0 Å². The molecule has 0 fully saturated rings. The van der Waals surface area contributed by atoms with Gasteiger partial charge in [0, 0.05) is 43.5 Å². The zero-order chi connectivity index (χ0) is 26.2. The third-order valence-corrected chi connectivity index (χ3v) is 5.69. The molecule has 4 rings (SSSR count). The van der Waals surface area contributed by atoms with Crippen LogP contribution in [0.1, 0.15) is 16.8 Å². The van der Waals surface area contributed by atoms with E-state index < -0.39 is 11.6 Å². The van der Waals surface area contributed by atoms with Crippen molar-refractivity contribution in [2.45, 2.75) is 19.4 Å². The number of hydrogen-bond donors (Lipinski definition) is 3. The molecule has 0 spiro atoms. The number of anilines is 3. The number of H-pyrrole nitrogens is 1. The highest BCUT2D eigenvalue weighted by atomic mass is 19.1. The van der Waals surface area contributed by atoms with Crippen molar-refractivity contribution in [2.24, 2.45) is 0 Å². The molecule has 0 aliphatic heterocycles. The summed E-state index contributed by atoms with van der Waals surface area (Å²) in [5, 5.41) is 2.91. The molecular formula is C25H28F2N8O2. The average Bonchev–Trinajstić information content (AvgIpc) is 3.42. The topological polar surface area (TPSA) is 127 Å². The Morgan fingerprint density at radius 3 is 2.54 bits per heavy atom. The summed E-state index contributed by atoms with van der Waals surface area (Å²) in [6.45, 7) is 1.11. The van der Waals surface area contributed by atoms with Crippen LogP contribution in [0.3, 0.4) is 0 Å². The fourth-order valence-corrected chi connectivity index (χ4v) is 3.74. The van der Waals surface area contributed by atoms with Crippen LogP contribution in [0.4, 0.5) is 26.6 Å². The van der Waals surface area contributed by atoms with E-state index in [0.29, 0.717) is 43.4 Å². The van der Waals surface area contributed by atoms with E-state index in [-0.39, 0.29) is 24.0 Å². The van der Waals surface area contributed by atoms with Gasteiger partial charge in [0.15, 0.2) is 11.5 Å². The van der Waals surface area contributed by atoms with Crippen molar-refractivity contribution < 1.29 is 18.3 Å². The Labute approximate surface area is 212 Å². The highest BCUT2D eigenvalue weighted by Gasteiger charge is 2.15. The van der Waals surface area contributed by atoms with Crippen LogP contribution in [-0.2, 0) is 19.4 Å². The SMILES string of the molecule is COc1ccc(CCN(CCc2cnc[nH]2)c2nc(N)nc(NCc3cc(F)ccc3F)n2)cc1OC. The summed E-state index contributed by atoms with van der Waals surface area (Å²) in [6.07, 6.45) is 4.70. The van der Waals surface area contributed by atoms with Gasteiger partial charge in [-0.3, -0.25) is 0 Å². The van der Waals surface area contributed by atoms with Gasteiger partial charge in [0.2, 0.25) is 17.8 Å². The molecule has 12 heteroatoms. The number of nitrogens with one attached hydrogen (secondary N) is 2. The molecule has 0 radical (unpaired) electrons. The van der Waals surface area contributed by atoms with E-state index in [1.807, 2.05) is 23.1 Å². The van der Waals surface area contributed by atoms with E-state index >= 15 is 0 Å². The monoisotopic (exact) mass is 510 g/mol. The lowest BCUT2D eigenvalue weighted by molar-refractivity contribution is 0.354. The van der Waals surface area contributed by atoms with E-state index in [9.17, 15) is 8.78 Å². The highest BCUT2D eigenvalue weighted by molar-refractivity contribution is 5.45. The van der Waals surface area contributed by atoms with Gasteiger partial charge in [-0.05, 0) is 42.3 Å². The van der Waals surface area contributed by atoms with Crippen molar-refractivity contribution in [3.8, 4) is 11.5 Å². The molecule has 0 bridgehead atoms. The number of benzene rings is 2. The van der Waals surface area contributed by atoms with Crippen molar-refractivity contribution in [1.82, 2.24) is 24.9 Å². The average molecular weight is 511 g/mol. The lowest BCUT2D eigenvalue weighted by atomic mass is 10.1. The lowest BCUT2D eigenvalue weighted by Gasteiger charge is -2.23. The summed E-state index contributed by atoms with van der Waals surface area (Å²) in [6, 6.07) is 9.01. The number of imidazole rings is 1. The molecule has 0 aliphatic carbocycles. The Kier molecular flexibility index (Phi) is 8.29. The molecule has 0 amide bonds. The second-order valence-corrected chi connectivity index (χ2v) is 8.16. The van der Waals surface area contributed by atoms with Gasteiger partial charge in [-0.1, -0.05) is 6.07 Å². The van der Waals surface area contributed by atoms with Crippen LogP contribution < -0.4 is 25.4 Å². The van der Waals surface area contributed by atoms with Crippen LogP contribution in [0.5, 0.6) is 11.5 Å². The second kappa shape index (κ2) is 12.0. The maximum atomic E-state index is 14.0. The summed E-state index contributed by atoms with van der Waals surface area (Å²) in [5.74, 6) is 0.743. The number of nitrogen functional groups attached to an aromatic ring is 1. The molecule has 0 saturated heterocycles. The first-order chi connectivity index (χ1) is 17.9. The smallest absolute Gasteiger partial charge is 0.231 e. The first-order valence-corrected chi connectivity index (χ1v) is 11.6. The van der Waals surface area contributed by atoms with Crippen molar-refractivity contribution in [3.05, 3.63) is 77.4 Å². The number of ether oxygens (including phenoxy) is 2. The van der Waals surface area contributed by atoms with E-state index in [1.165, 1.54) is 0 Å². The maximum absolute atomic E-state index is 14.0. The van der Waals surface area contributed by atoms with E-state index in [4.69, 9.17) is 15.2 Å². The van der Waals surface area contributed by atoms with Crippen LogP contribution in [-0.4, -0.2) is 52.2 Å². The third kappa shape index (κ3) is 6.81. The van der Waals surface area contributed by atoms with E-state index in [2.05, 4.69) is 30.2 Å². The van der Waals surface area contributed by atoms with E-state index in [0.717, 1.165) is 29.5 Å². The summed E-state index contributed by atoms with van der Waals surface area (Å²) >= 11 is 0. The molecule has 0 saturated carbocycles. The molecule has 2 aromatic heterocycles. The fraction of sp³-hybridized carbons (Fsp3) is 0.280. The van der Waals surface area contributed by atoms with Crippen molar-refractivity contribution in [3.63, 3.8) is 0 Å². The second-order valence-electron chi connectivity index (χ2n) is 8.16. The molecule has 0 atom stereocenters. The van der Waals surface area contributed by atoms with Crippen LogP contribution in [0.15, 0.2) is 48.9 Å². The van der Waals surface area contributed by atoms with Gasteiger partial charge < -0.3 is 30.4 Å². The molecule has 2 aromatic carbocycles. The molecule has 194 valence electrons. The number of methoxy groups -OCH3 is 2. The minimum atomic E-state index is -0.535. The van der Waals surface area contributed by atoms with Crippen molar-refractivity contribution in [1.29, 1.82) is 0 Å². The number of rotatable bonds is 12. The van der Waals surface area contributed by atoms with Gasteiger partial charge in [-0.2, -0.15) is 15.0 Å². The molecule has 37 heavy (non-hydrogen) atoms. The zero-order valence-corrected chi connectivity index (χ0v) is 20.5. The predicted octanol–water partition coefficient (Wildman–Crippen LogP) is 3.38. The molecule has 4 N–H and O–H groups in total. The summed E-state index contributed by atoms with van der Waals surface area (Å²) in [5.41, 5.74) is 8.11. The number of halogens is 2. The quantitative estimate of drug-likeness (QED) is 0.263. The first-order valence-electron chi connectivity index (χ1n) is 11.6. The predicted molar refractivity (Wildman–Crippen MR) is 136 cm³/mol. The summed E-state index contributed by atoms with van der Waals surface area (Å²) in [7, 11) is 3.18. The standard InChI is InChI=1S/C25H28F2N8O2/c1-36-21-6-3-16(11-22(21)37-2)7-9-35(10-8-19-14-29-15-31-19)25-33-23(28)32-24(34-25)30-13-17-12-18(26)4-5-20(17)27/h3-6,11-12,14-15H,7-10,13H2,1-2H3,(H,29,31)(H3,28,30,32,33,34). The Bertz CT molecular complexity index is 1320. The Balaban J connectivity index is 1.53. The first kappa shape index (κ1) is 25.6. The van der Waals surface area contributed by atoms with Crippen LogP contribution in [0.25, 0.3) is 0 Å². The Morgan fingerprint density at radius 2 is 1.78 bits per heavy atom. The largest absolute Gasteiger partial charge is 0.493 e. The van der Waals surface area contributed by atoms with Gasteiger partial charge in [-0.25, -0.2) is 13.8 Å². The van der Waals surface area contributed by atoms with Gasteiger partial charge in [-0.15, -0.1) is 0 Å². The molecule has 4 aromatic rings. The highest BCUT2D eigenvalue weighted by Crippen LogP contribution is 2.28. The maximum Gasteiger partial charge on any atom is 0.231 e. The minimum absolute atomic E-state index is 0.00451. The fourth-order valence-electron chi connectivity index (χ4n) is 3.74. The summed E-state index contributed by atoms with van der Waals surface area (Å²) < 4.78 is 38.3. The van der Waals surface area contributed by atoms with Crippen LogP contribution in [0, 0.1) is 11.6 Å². The van der Waals surface area contributed by atoms with E-state index in [1.54, 1.807) is 26.7 Å². The molecule has 10 nitrogen and oxygen atoms in total. The number of nitrogens with zero attached hydrogens (tertiary/aromatic N) is 5. The lowest BCUT2D eigenvalue weighted by Crippen LogP contribution is -2.31. The van der Waals surface area contributed by atoms with Crippen LogP contribution in [0.2, 0.25) is 0 Å². The molecule has 2 heterocycles. The zero-order valence-electron chi connectivity index (χ0n) is 20.5. The van der Waals surface area contributed by atoms with Gasteiger partial charge >= 0.3 is 0 Å². The number of aromatic amines is 1. The number of nitrogens with two attached hydrogens (primary N) is 1. The normalized spacial score (nSPS) is 10.8. The number of hydrogen-bond acceptors (Lipinski definition) is 9. The Morgan fingerprint density at radius 1 is 0.973 bits per heavy atom. The molecule has 0 unspecified atom stereocenters. The van der Waals surface area contributed by atoms with Crippen LogP contribution >= 0.6 is 0 Å². The van der Waals surface area contributed by atoms with Gasteiger partial charge in [0.1, 0.15) is 11.6 Å².